The molecule has 2 N–H and O–H groups in total. The van der Waals surface area contributed by atoms with Gasteiger partial charge in [0.2, 0.25) is 0 Å². The van der Waals surface area contributed by atoms with Crippen molar-refractivity contribution < 1.29 is 0 Å². The first-order chi connectivity index (χ1) is 9.70. The van der Waals surface area contributed by atoms with E-state index < -0.39 is 0 Å². The van der Waals surface area contributed by atoms with Gasteiger partial charge in [-0.15, -0.1) is 0 Å². The molecule has 4 aliphatic rings. The molecular weight excluding hydrogens is 242 g/mol. The highest BCUT2D eigenvalue weighted by atomic mass is 14.7. The fraction of sp³-hybridized carbons (Fsp3) is 0.684. The Bertz CT molecular complexity index is 500. The number of hydrogen-bond acceptors (Lipinski definition) is 1. The average Bonchev–Trinajstić information content (AvgIpc) is 2.91. The molecule has 0 aromatic rings. The molecule has 0 unspecified atom stereocenters. The molecule has 0 spiro atoms. The Morgan fingerprint density at radius 2 is 2.10 bits per heavy atom. The molecule has 0 saturated heterocycles. The molecule has 2 fully saturated rings. The molecule has 0 amide bonds. The zero-order valence-corrected chi connectivity index (χ0v) is 12.6. The Kier molecular flexibility index (Phi) is 2.79. The van der Waals surface area contributed by atoms with Gasteiger partial charge in [0.15, 0.2) is 0 Å². The van der Waals surface area contributed by atoms with Crippen molar-refractivity contribution in [2.45, 2.75) is 45.4 Å². The molecular formula is C19H27N. The van der Waals surface area contributed by atoms with Crippen LogP contribution in [0.1, 0.15) is 45.4 Å². The van der Waals surface area contributed by atoms with Gasteiger partial charge in [-0.2, -0.15) is 0 Å². The van der Waals surface area contributed by atoms with Crippen LogP contribution in [0, 0.1) is 28.6 Å². The summed E-state index contributed by atoms with van der Waals surface area (Å²) in [6.45, 7) is 3.36. The number of hydrogen-bond donors (Lipinski definition) is 1. The second-order valence-electron chi connectivity index (χ2n) is 7.68. The highest BCUT2D eigenvalue weighted by Crippen LogP contribution is 2.62. The van der Waals surface area contributed by atoms with Crippen LogP contribution in [-0.4, -0.2) is 6.54 Å². The second kappa shape index (κ2) is 4.34. The van der Waals surface area contributed by atoms with E-state index in [0.717, 1.165) is 30.7 Å². The van der Waals surface area contributed by atoms with Crippen LogP contribution in [-0.2, 0) is 0 Å². The van der Waals surface area contributed by atoms with Gasteiger partial charge in [0.25, 0.3) is 0 Å². The van der Waals surface area contributed by atoms with Gasteiger partial charge in [0.1, 0.15) is 0 Å². The van der Waals surface area contributed by atoms with Crippen LogP contribution in [0.15, 0.2) is 36.0 Å². The van der Waals surface area contributed by atoms with Crippen LogP contribution in [0.25, 0.3) is 0 Å². The van der Waals surface area contributed by atoms with Crippen LogP contribution >= 0.6 is 0 Å². The van der Waals surface area contributed by atoms with Crippen molar-refractivity contribution in [2.75, 3.05) is 6.54 Å². The van der Waals surface area contributed by atoms with E-state index in [2.05, 4.69) is 37.3 Å². The van der Waals surface area contributed by atoms with E-state index in [0.29, 0.717) is 10.8 Å². The first-order valence-corrected chi connectivity index (χ1v) is 8.45. The molecule has 4 aliphatic carbocycles. The lowest BCUT2D eigenvalue weighted by Crippen LogP contribution is -2.50. The van der Waals surface area contributed by atoms with Gasteiger partial charge in [-0.1, -0.05) is 42.9 Å². The van der Waals surface area contributed by atoms with Crippen LogP contribution < -0.4 is 5.73 Å². The Morgan fingerprint density at radius 3 is 2.95 bits per heavy atom. The third-order valence-corrected chi connectivity index (χ3v) is 7.09. The number of rotatable bonds is 1. The van der Waals surface area contributed by atoms with Gasteiger partial charge in [0, 0.05) is 17.4 Å². The second-order valence-corrected chi connectivity index (χ2v) is 7.68. The van der Waals surface area contributed by atoms with Crippen molar-refractivity contribution in [1.29, 1.82) is 0 Å². The molecule has 1 heteroatoms. The van der Waals surface area contributed by atoms with Gasteiger partial charge in [-0.25, -0.2) is 0 Å². The zero-order valence-electron chi connectivity index (χ0n) is 12.6. The van der Waals surface area contributed by atoms with Gasteiger partial charge < -0.3 is 5.73 Å². The minimum atomic E-state index is 0.344. The average molecular weight is 269 g/mol. The van der Waals surface area contributed by atoms with E-state index in [-0.39, 0.29) is 0 Å². The number of nitrogens with two attached hydrogens (primary N) is 1. The fourth-order valence-electron chi connectivity index (χ4n) is 5.97. The summed E-state index contributed by atoms with van der Waals surface area (Å²) in [5.41, 5.74) is 8.61. The molecule has 0 aromatic carbocycles. The highest BCUT2D eigenvalue weighted by molar-refractivity contribution is 5.32. The quantitative estimate of drug-likeness (QED) is 0.709. The first kappa shape index (κ1) is 12.9. The summed E-state index contributed by atoms with van der Waals surface area (Å²) >= 11 is 0. The van der Waals surface area contributed by atoms with Crippen LogP contribution in [0.3, 0.4) is 0 Å². The van der Waals surface area contributed by atoms with Crippen LogP contribution in [0.5, 0.6) is 0 Å². The lowest BCUT2D eigenvalue weighted by Gasteiger charge is -2.56. The largest absolute Gasteiger partial charge is 0.330 e. The van der Waals surface area contributed by atoms with E-state index in [4.69, 9.17) is 5.73 Å². The highest BCUT2D eigenvalue weighted by Gasteiger charge is 2.54. The van der Waals surface area contributed by atoms with E-state index >= 15 is 0 Å². The lowest BCUT2D eigenvalue weighted by atomic mass is 9.48. The lowest BCUT2D eigenvalue weighted by molar-refractivity contribution is -0.00599. The number of allylic oxidation sites excluding steroid dienone is 5. The molecule has 5 atom stereocenters. The summed E-state index contributed by atoms with van der Waals surface area (Å²) in [6, 6.07) is 0. The van der Waals surface area contributed by atoms with Crippen LogP contribution in [0.2, 0.25) is 0 Å². The molecule has 1 nitrogen and oxygen atoms in total. The smallest absolute Gasteiger partial charge is 0.00936 e. The minimum absolute atomic E-state index is 0.344. The Hall–Kier alpha value is -0.820. The van der Waals surface area contributed by atoms with Crippen LogP contribution in [0.4, 0.5) is 0 Å². The van der Waals surface area contributed by atoms with Crippen molar-refractivity contribution in [3.63, 3.8) is 0 Å². The van der Waals surface area contributed by atoms with Gasteiger partial charge >= 0.3 is 0 Å². The maximum absolute atomic E-state index is 6.19. The van der Waals surface area contributed by atoms with Crippen molar-refractivity contribution >= 4 is 0 Å². The summed E-state index contributed by atoms with van der Waals surface area (Å²) in [5.74, 6) is 2.55. The Labute approximate surface area is 123 Å². The van der Waals surface area contributed by atoms with E-state index in [9.17, 15) is 0 Å². The fourth-order valence-corrected chi connectivity index (χ4v) is 5.97. The zero-order chi connectivity index (χ0) is 13.8. The molecule has 0 bridgehead atoms. The minimum Gasteiger partial charge on any atom is -0.330 e. The maximum Gasteiger partial charge on any atom is 0.00936 e. The Balaban J connectivity index is 1.70. The number of fused-ring (bicyclic) bond motifs is 5. The maximum atomic E-state index is 6.19. The third kappa shape index (κ3) is 1.53. The summed E-state index contributed by atoms with van der Waals surface area (Å²) in [7, 11) is 0. The van der Waals surface area contributed by atoms with Gasteiger partial charge in [0.05, 0.1) is 0 Å². The molecule has 0 aromatic heterocycles. The normalized spacial score (nSPS) is 49.3. The van der Waals surface area contributed by atoms with E-state index in [1.54, 1.807) is 5.57 Å². The van der Waals surface area contributed by atoms with E-state index in [1.165, 1.54) is 32.1 Å². The SMILES string of the molecule is C[C@]12C=CCC=C1CC[C@H]1[C@@H]3CC=C[C@@]3(CN)CC[C@@H]12. The molecule has 4 rings (SSSR count). The summed E-state index contributed by atoms with van der Waals surface area (Å²) < 4.78 is 0. The van der Waals surface area contributed by atoms with Crippen molar-refractivity contribution in [3.05, 3.63) is 36.0 Å². The van der Waals surface area contributed by atoms with Crippen molar-refractivity contribution in [2.24, 2.45) is 34.3 Å². The molecule has 0 heterocycles. The van der Waals surface area contributed by atoms with Gasteiger partial charge in [-0.3, -0.25) is 0 Å². The third-order valence-electron chi connectivity index (χ3n) is 7.09. The molecule has 0 aliphatic heterocycles. The van der Waals surface area contributed by atoms with Gasteiger partial charge in [-0.05, 0) is 56.3 Å². The predicted octanol–water partition coefficient (Wildman–Crippen LogP) is 4.22. The van der Waals surface area contributed by atoms with Crippen molar-refractivity contribution in [1.82, 2.24) is 0 Å². The summed E-state index contributed by atoms with van der Waals surface area (Å²) in [4.78, 5) is 0. The standard InChI is InChI=1S/C19H27N/c1-18-10-3-2-5-14(18)7-8-15-16(18)9-12-19(13-20)11-4-6-17(15)19/h3-5,10-11,15-17H,2,6-9,12-13,20H2,1H3/t15-,16+,17+,18+,19+/m1/s1. The molecule has 20 heavy (non-hydrogen) atoms. The molecule has 0 radical (unpaired) electrons. The molecule has 2 saturated carbocycles. The predicted molar refractivity (Wildman–Crippen MR) is 84.1 cm³/mol. The molecule has 108 valence electrons. The topological polar surface area (TPSA) is 26.0 Å². The summed E-state index contributed by atoms with van der Waals surface area (Å²) in [5, 5.41) is 0. The summed E-state index contributed by atoms with van der Waals surface area (Å²) in [6.07, 6.45) is 20.1. The van der Waals surface area contributed by atoms with Crippen molar-refractivity contribution in [3.8, 4) is 0 Å². The Morgan fingerprint density at radius 1 is 1.20 bits per heavy atom. The first-order valence-electron chi connectivity index (χ1n) is 8.45. The van der Waals surface area contributed by atoms with E-state index in [1.807, 2.05) is 0 Å². The monoisotopic (exact) mass is 269 g/mol.